The van der Waals surface area contributed by atoms with Crippen LogP contribution < -0.4 is 5.32 Å². The molecule has 1 aliphatic heterocycles. The topological polar surface area (TPSA) is 21.9 Å². The lowest BCUT2D eigenvalue weighted by molar-refractivity contribution is 0.426. The summed E-state index contributed by atoms with van der Waals surface area (Å²) < 4.78 is 46.5. The van der Waals surface area contributed by atoms with Gasteiger partial charge < -0.3 is 14.5 Å². The van der Waals surface area contributed by atoms with Gasteiger partial charge in [0.2, 0.25) is 0 Å². The summed E-state index contributed by atoms with van der Waals surface area (Å²) >= 11 is 5.50. The molecule has 1 atom stereocenters. The fourth-order valence-corrected chi connectivity index (χ4v) is 3.97. The molecule has 1 N–H and O–H groups in total. The van der Waals surface area contributed by atoms with Crippen LogP contribution in [0, 0.1) is 22.2 Å². The highest BCUT2D eigenvalue weighted by Gasteiger charge is 2.32. The summed E-state index contributed by atoms with van der Waals surface area (Å²) in [5, 5.41) is 3.44. The van der Waals surface area contributed by atoms with Gasteiger partial charge in [-0.05, 0) is 51.5 Å². The third-order valence-electron chi connectivity index (χ3n) is 4.93. The molecule has 0 amide bonds. The molecule has 0 radical (unpaired) electrons. The molecule has 0 bridgehead atoms. The summed E-state index contributed by atoms with van der Waals surface area (Å²) in [4.78, 5) is 0. The van der Waals surface area contributed by atoms with Crippen LogP contribution in [-0.2, 0) is 26.4 Å². The van der Waals surface area contributed by atoms with Gasteiger partial charge in [0, 0.05) is 55.0 Å². The molecule has 3 rings (SSSR count). The average molecular weight is 403 g/mol. The van der Waals surface area contributed by atoms with Crippen molar-refractivity contribution in [3.05, 3.63) is 51.3 Å². The van der Waals surface area contributed by atoms with Crippen LogP contribution in [0.3, 0.4) is 0 Å². The Balaban J connectivity index is 0.00000261. The van der Waals surface area contributed by atoms with Crippen molar-refractivity contribution in [1.29, 1.82) is 0 Å². The summed E-state index contributed by atoms with van der Waals surface area (Å²) in [5.41, 5.74) is 1.88. The van der Waals surface area contributed by atoms with Gasteiger partial charge in [-0.3, -0.25) is 4.70 Å². The lowest BCUT2D eigenvalue weighted by atomic mass is 9.95. The summed E-state index contributed by atoms with van der Waals surface area (Å²) in [6, 6.07) is 1.82. The summed E-state index contributed by atoms with van der Waals surface area (Å²) in [6.45, 7) is 7.44. The first-order valence-electron chi connectivity index (χ1n) is 8.76. The van der Waals surface area contributed by atoms with E-state index in [0.717, 1.165) is 36.5 Å². The Hall–Kier alpha value is -1.67. The molecule has 3 nitrogen and oxygen atoms in total. The second kappa shape index (κ2) is 7.75. The fourth-order valence-electron chi connectivity index (χ4n) is 3.67. The Morgan fingerprint density at radius 3 is 2.44 bits per heavy atom. The first-order chi connectivity index (χ1) is 12.1. The van der Waals surface area contributed by atoms with Crippen molar-refractivity contribution < 1.29 is 17.9 Å². The Labute approximate surface area is 161 Å². The third kappa shape index (κ3) is 4.11. The number of nitrogens with one attached hydrogen (secondary N) is 1. The minimum atomic E-state index is -1.09. The smallest absolute Gasteiger partial charge is 0.179 e. The van der Waals surface area contributed by atoms with Crippen molar-refractivity contribution in [2.75, 3.05) is 6.54 Å². The van der Waals surface area contributed by atoms with E-state index in [1.807, 2.05) is 16.2 Å². The van der Waals surface area contributed by atoms with Crippen molar-refractivity contribution in [1.82, 2.24) is 14.5 Å². The van der Waals surface area contributed by atoms with Crippen LogP contribution >= 0.6 is 12.2 Å². The van der Waals surface area contributed by atoms with Crippen molar-refractivity contribution in [3.63, 3.8) is 0 Å². The molecule has 0 saturated heterocycles. The van der Waals surface area contributed by atoms with E-state index in [4.69, 9.17) is 12.2 Å². The highest BCUT2D eigenvalue weighted by atomic mass is 32.1. The number of benzene rings is 1. The van der Waals surface area contributed by atoms with Crippen molar-refractivity contribution in [2.45, 2.75) is 51.6 Å². The summed E-state index contributed by atoms with van der Waals surface area (Å²) in [6.07, 6.45) is 1.22. The lowest BCUT2D eigenvalue weighted by Gasteiger charge is -2.20. The van der Waals surface area contributed by atoms with Crippen LogP contribution in [0.15, 0.2) is 12.1 Å². The van der Waals surface area contributed by atoms with E-state index in [0.29, 0.717) is 17.7 Å². The Bertz CT molecular complexity index is 896. The molecule has 0 aliphatic carbocycles. The van der Waals surface area contributed by atoms with Crippen molar-refractivity contribution in [2.24, 2.45) is 7.05 Å². The maximum absolute atomic E-state index is 14.2. The third-order valence-corrected chi connectivity index (χ3v) is 5.42. The molecule has 0 fully saturated rings. The van der Waals surface area contributed by atoms with E-state index in [2.05, 4.69) is 26.1 Å². The lowest BCUT2D eigenvalue weighted by Crippen LogP contribution is -2.37. The van der Waals surface area contributed by atoms with E-state index in [1.54, 1.807) is 0 Å². The number of imidazole rings is 1. The zero-order valence-electron chi connectivity index (χ0n) is 15.9. The standard InChI is InChI=1S/C19H24F3N3S.FH/c1-19(2,3)23-8-7-14-15-9-11(10-25(15)18(26)24(14)4)16-12(20)5-6-13(21)17(16)22;/h5-6,11,23H,7-10H2,1-4H3;1H. The first-order valence-corrected chi connectivity index (χ1v) is 9.16. The highest BCUT2D eigenvalue weighted by Crippen LogP contribution is 2.35. The molecule has 2 aromatic rings. The van der Waals surface area contributed by atoms with E-state index in [1.165, 1.54) is 0 Å². The zero-order valence-corrected chi connectivity index (χ0v) is 16.7. The van der Waals surface area contributed by atoms with Gasteiger partial charge in [0.25, 0.3) is 0 Å². The van der Waals surface area contributed by atoms with E-state index >= 15 is 0 Å². The van der Waals surface area contributed by atoms with Crippen LogP contribution in [0.1, 0.15) is 43.6 Å². The van der Waals surface area contributed by atoms with Crippen LogP contribution in [-0.4, -0.2) is 21.2 Å². The molecule has 27 heavy (non-hydrogen) atoms. The van der Waals surface area contributed by atoms with Crippen LogP contribution in [0.2, 0.25) is 0 Å². The predicted octanol–water partition coefficient (Wildman–Crippen LogP) is 4.40. The van der Waals surface area contributed by atoms with Crippen molar-refractivity contribution in [3.8, 4) is 0 Å². The number of hydrogen-bond acceptors (Lipinski definition) is 2. The quantitative estimate of drug-likeness (QED) is 0.464. The molecule has 8 heteroatoms. The maximum atomic E-state index is 14.2. The second-order valence-electron chi connectivity index (χ2n) is 7.93. The van der Waals surface area contributed by atoms with Gasteiger partial charge in [0.1, 0.15) is 5.82 Å². The van der Waals surface area contributed by atoms with E-state index < -0.39 is 23.4 Å². The Kier molecular flexibility index (Phi) is 6.21. The van der Waals surface area contributed by atoms with Crippen LogP contribution in [0.5, 0.6) is 0 Å². The number of fused-ring (bicyclic) bond motifs is 1. The highest BCUT2D eigenvalue weighted by molar-refractivity contribution is 7.71. The van der Waals surface area contributed by atoms with Gasteiger partial charge in [0.05, 0.1) is 0 Å². The molecule has 2 heterocycles. The van der Waals surface area contributed by atoms with Gasteiger partial charge in [-0.2, -0.15) is 0 Å². The Morgan fingerprint density at radius 2 is 1.81 bits per heavy atom. The minimum absolute atomic E-state index is 0. The number of rotatable bonds is 4. The first kappa shape index (κ1) is 21.6. The van der Waals surface area contributed by atoms with Gasteiger partial charge in [-0.1, -0.05) is 0 Å². The minimum Gasteiger partial charge on any atom is -0.324 e. The zero-order chi connectivity index (χ0) is 19.2. The SMILES string of the molecule is Cn1c(CCNC(C)(C)C)c2n(c1=S)CC(c1c(F)ccc(F)c1F)C2.F. The number of nitrogens with zero attached hydrogens (tertiary/aromatic N) is 2. The maximum Gasteiger partial charge on any atom is 0.179 e. The Morgan fingerprint density at radius 1 is 1.19 bits per heavy atom. The predicted molar refractivity (Wildman–Crippen MR) is 101 cm³/mol. The number of aromatic nitrogens is 2. The number of halogens is 4. The summed E-state index contributed by atoms with van der Waals surface area (Å²) in [5.74, 6) is -3.26. The molecule has 150 valence electrons. The molecular weight excluding hydrogens is 378 g/mol. The average Bonchev–Trinajstić information content (AvgIpc) is 3.05. The summed E-state index contributed by atoms with van der Waals surface area (Å²) in [7, 11) is 1.92. The molecule has 1 aromatic carbocycles. The second-order valence-corrected chi connectivity index (χ2v) is 8.30. The molecule has 1 aliphatic rings. The van der Waals surface area contributed by atoms with Gasteiger partial charge in [-0.25, -0.2) is 13.2 Å². The molecule has 0 saturated carbocycles. The number of hydrogen-bond donors (Lipinski definition) is 1. The van der Waals surface area contributed by atoms with Gasteiger partial charge in [0.15, 0.2) is 16.4 Å². The molecular formula is C19H25F4N3S. The van der Waals surface area contributed by atoms with Crippen LogP contribution in [0.4, 0.5) is 17.9 Å². The normalized spacial score (nSPS) is 16.3. The largest absolute Gasteiger partial charge is 0.324 e. The molecule has 1 aromatic heterocycles. The van der Waals surface area contributed by atoms with Gasteiger partial charge >= 0.3 is 0 Å². The molecule has 0 spiro atoms. The monoisotopic (exact) mass is 403 g/mol. The van der Waals surface area contributed by atoms with E-state index in [-0.39, 0.29) is 15.8 Å². The molecule has 1 unspecified atom stereocenters. The van der Waals surface area contributed by atoms with E-state index in [9.17, 15) is 13.2 Å². The van der Waals surface area contributed by atoms with Gasteiger partial charge in [-0.15, -0.1) is 0 Å². The van der Waals surface area contributed by atoms with Crippen molar-refractivity contribution >= 4 is 12.2 Å². The fraction of sp³-hybridized carbons (Fsp3) is 0.526. The van der Waals surface area contributed by atoms with Crippen LogP contribution in [0.25, 0.3) is 0 Å².